The summed E-state index contributed by atoms with van der Waals surface area (Å²) in [5.41, 5.74) is 3.41. The van der Waals surface area contributed by atoms with Gasteiger partial charge in [-0.05, 0) is 48.7 Å². The maximum atomic E-state index is 13.5. The third-order valence-corrected chi connectivity index (χ3v) is 4.83. The third kappa shape index (κ3) is 3.02. The number of hydrogen-bond donors (Lipinski definition) is 1. The molecule has 0 saturated carbocycles. The number of benzene rings is 1. The summed E-state index contributed by atoms with van der Waals surface area (Å²) in [4.78, 5) is 19.1. The van der Waals surface area contributed by atoms with Crippen LogP contribution in [0.15, 0.2) is 42.6 Å². The number of pyridine rings is 1. The van der Waals surface area contributed by atoms with Crippen molar-refractivity contribution in [2.45, 2.75) is 26.3 Å². The van der Waals surface area contributed by atoms with Gasteiger partial charge in [-0.1, -0.05) is 13.8 Å². The quantitative estimate of drug-likeness (QED) is 0.729. The molecule has 1 aliphatic rings. The first-order valence-electron chi connectivity index (χ1n) is 9.15. The number of carbonyl (C=O) groups excluding carboxylic acids is 1. The van der Waals surface area contributed by atoms with Crippen LogP contribution in [-0.4, -0.2) is 28.2 Å². The number of methoxy groups -OCH3 is 1. The highest BCUT2D eigenvalue weighted by molar-refractivity contribution is 6.10. The highest BCUT2D eigenvalue weighted by Crippen LogP contribution is 2.42. The van der Waals surface area contributed by atoms with Crippen molar-refractivity contribution in [1.29, 1.82) is 0 Å². The normalized spacial score (nSPS) is 16.0. The van der Waals surface area contributed by atoms with Crippen LogP contribution in [0.5, 0.6) is 5.75 Å². The lowest BCUT2D eigenvalue weighted by Gasteiger charge is -2.26. The minimum absolute atomic E-state index is 0.206. The number of rotatable bonds is 5. The van der Waals surface area contributed by atoms with Crippen LogP contribution in [0.1, 0.15) is 47.3 Å². The number of nitrogens with one attached hydrogen (secondary N) is 1. The Kier molecular flexibility index (Phi) is 4.58. The Morgan fingerprint density at radius 1 is 1.21 bits per heavy atom. The van der Waals surface area contributed by atoms with Crippen molar-refractivity contribution >= 4 is 11.6 Å². The minimum atomic E-state index is -0.469. The van der Waals surface area contributed by atoms with Gasteiger partial charge in [0, 0.05) is 16.9 Å². The van der Waals surface area contributed by atoms with Crippen molar-refractivity contribution in [2.24, 2.45) is 5.92 Å². The number of ether oxygens (including phenoxy) is 1. The maximum absolute atomic E-state index is 13.5. The Labute approximate surface area is 162 Å². The Hall–Kier alpha value is -3.22. The number of anilines is 1. The van der Waals surface area contributed by atoms with Crippen LogP contribution in [0, 0.1) is 11.7 Å². The van der Waals surface area contributed by atoms with Crippen molar-refractivity contribution in [2.75, 3.05) is 12.0 Å². The number of halogens is 1. The fourth-order valence-electron chi connectivity index (χ4n) is 3.61. The van der Waals surface area contributed by atoms with Gasteiger partial charge >= 0.3 is 0 Å². The van der Waals surface area contributed by atoms with E-state index in [0.29, 0.717) is 28.7 Å². The van der Waals surface area contributed by atoms with E-state index in [4.69, 9.17) is 4.74 Å². The summed E-state index contributed by atoms with van der Waals surface area (Å²) in [6.45, 7) is 4.22. The number of aromatic nitrogens is 3. The molecule has 0 saturated heterocycles. The van der Waals surface area contributed by atoms with Crippen LogP contribution in [0.3, 0.4) is 0 Å². The summed E-state index contributed by atoms with van der Waals surface area (Å²) in [6.07, 6.45) is 1.93. The molecule has 7 heteroatoms. The minimum Gasteiger partial charge on any atom is -0.497 e. The monoisotopic (exact) mass is 380 g/mol. The fourth-order valence-corrected chi connectivity index (χ4v) is 3.61. The van der Waals surface area contributed by atoms with E-state index in [-0.39, 0.29) is 5.91 Å². The van der Waals surface area contributed by atoms with Crippen LogP contribution in [0.25, 0.3) is 0 Å². The van der Waals surface area contributed by atoms with E-state index in [1.54, 1.807) is 30.2 Å². The molecule has 3 aromatic rings. The van der Waals surface area contributed by atoms with Gasteiger partial charge in [-0.2, -0.15) is 5.10 Å². The van der Waals surface area contributed by atoms with Crippen LogP contribution in [-0.2, 0) is 6.42 Å². The molecule has 1 unspecified atom stereocenters. The molecule has 0 spiro atoms. The molecule has 3 heterocycles. The number of amides is 1. The van der Waals surface area contributed by atoms with Crippen LogP contribution in [0.4, 0.5) is 10.1 Å². The van der Waals surface area contributed by atoms with Gasteiger partial charge in [-0.15, -0.1) is 0 Å². The molecular weight excluding hydrogens is 359 g/mol. The largest absolute Gasteiger partial charge is 0.497 e. The zero-order valence-electron chi connectivity index (χ0n) is 15.9. The zero-order valence-corrected chi connectivity index (χ0v) is 15.9. The van der Waals surface area contributed by atoms with Crippen LogP contribution < -0.4 is 9.64 Å². The molecule has 1 amide bonds. The van der Waals surface area contributed by atoms with Crippen molar-refractivity contribution in [3.63, 3.8) is 0 Å². The van der Waals surface area contributed by atoms with E-state index >= 15 is 0 Å². The highest BCUT2D eigenvalue weighted by Gasteiger charge is 2.43. The fraction of sp³-hybridized carbons (Fsp3) is 0.286. The average molecular weight is 380 g/mol. The first-order valence-corrected chi connectivity index (χ1v) is 9.15. The third-order valence-electron chi connectivity index (χ3n) is 4.83. The first kappa shape index (κ1) is 18.2. The number of nitrogens with zero attached hydrogens (tertiary/aromatic N) is 3. The van der Waals surface area contributed by atoms with Crippen molar-refractivity contribution in [1.82, 2.24) is 15.2 Å². The molecule has 0 radical (unpaired) electrons. The van der Waals surface area contributed by atoms with Gasteiger partial charge in [0.25, 0.3) is 5.91 Å². The molecule has 6 nitrogen and oxygen atoms in total. The number of H-pyrrole nitrogens is 1. The standard InChI is InChI=1S/C21H21FN4O2/c1-12(2)10-17-18-19(25-24-17)21(27)26(14-5-7-15(28-3)8-6-14)20(18)16-9-4-13(22)11-23-16/h4-9,11-12,20H,10H2,1-3H3,(H,24,25). The smallest absolute Gasteiger partial charge is 0.280 e. The van der Waals surface area contributed by atoms with E-state index in [2.05, 4.69) is 29.0 Å². The van der Waals surface area contributed by atoms with E-state index in [0.717, 1.165) is 17.7 Å². The number of hydrogen-bond acceptors (Lipinski definition) is 4. The SMILES string of the molecule is COc1ccc(N2C(=O)c3n[nH]c(CC(C)C)c3C2c2ccc(F)cn2)cc1. The molecule has 144 valence electrons. The molecule has 2 aromatic heterocycles. The summed E-state index contributed by atoms with van der Waals surface area (Å²) in [7, 11) is 1.59. The summed E-state index contributed by atoms with van der Waals surface area (Å²) in [5.74, 6) is 0.462. The lowest BCUT2D eigenvalue weighted by molar-refractivity contribution is 0.0988. The van der Waals surface area contributed by atoms with E-state index in [9.17, 15) is 9.18 Å². The molecule has 1 aliphatic heterocycles. The van der Waals surface area contributed by atoms with Gasteiger partial charge in [0.2, 0.25) is 0 Å². The molecule has 1 atom stereocenters. The summed E-state index contributed by atoms with van der Waals surface area (Å²) in [6, 6.07) is 9.76. The van der Waals surface area contributed by atoms with E-state index in [1.165, 1.54) is 12.3 Å². The van der Waals surface area contributed by atoms with Crippen molar-refractivity contribution in [3.8, 4) is 5.75 Å². The second kappa shape index (κ2) is 7.07. The lowest BCUT2D eigenvalue weighted by atomic mass is 9.98. The summed E-state index contributed by atoms with van der Waals surface area (Å²) >= 11 is 0. The summed E-state index contributed by atoms with van der Waals surface area (Å²) in [5, 5.41) is 7.31. The highest BCUT2D eigenvalue weighted by atomic mass is 19.1. The molecular formula is C21H21FN4O2. The molecule has 0 aliphatic carbocycles. The maximum Gasteiger partial charge on any atom is 0.280 e. The van der Waals surface area contributed by atoms with Crippen molar-refractivity contribution < 1.29 is 13.9 Å². The second-order valence-electron chi connectivity index (χ2n) is 7.24. The number of carbonyl (C=O) groups is 1. The molecule has 28 heavy (non-hydrogen) atoms. The van der Waals surface area contributed by atoms with E-state index in [1.807, 2.05) is 12.1 Å². The summed E-state index contributed by atoms with van der Waals surface area (Å²) < 4.78 is 18.7. The van der Waals surface area contributed by atoms with Gasteiger partial charge in [0.05, 0.1) is 19.0 Å². The Morgan fingerprint density at radius 2 is 1.96 bits per heavy atom. The number of aromatic amines is 1. The average Bonchev–Trinajstić information content (AvgIpc) is 3.21. The predicted octanol–water partition coefficient (Wildman–Crippen LogP) is 3.90. The van der Waals surface area contributed by atoms with Gasteiger partial charge in [0.1, 0.15) is 17.6 Å². The van der Waals surface area contributed by atoms with Gasteiger partial charge < -0.3 is 4.74 Å². The van der Waals surface area contributed by atoms with Crippen LogP contribution >= 0.6 is 0 Å². The molecule has 4 rings (SSSR count). The number of fused-ring (bicyclic) bond motifs is 1. The Balaban J connectivity index is 1.85. The van der Waals surface area contributed by atoms with Gasteiger partial charge in [-0.3, -0.25) is 19.8 Å². The first-order chi connectivity index (χ1) is 13.5. The van der Waals surface area contributed by atoms with E-state index < -0.39 is 11.9 Å². The Morgan fingerprint density at radius 3 is 2.57 bits per heavy atom. The molecule has 1 aromatic carbocycles. The van der Waals surface area contributed by atoms with Gasteiger partial charge in [0.15, 0.2) is 5.69 Å². The molecule has 0 fully saturated rings. The van der Waals surface area contributed by atoms with Crippen molar-refractivity contribution in [3.05, 3.63) is 71.1 Å². The molecule has 0 bridgehead atoms. The topological polar surface area (TPSA) is 71.1 Å². The molecule has 1 N–H and O–H groups in total. The Bertz CT molecular complexity index is 996. The predicted molar refractivity (Wildman–Crippen MR) is 103 cm³/mol. The lowest BCUT2D eigenvalue weighted by Crippen LogP contribution is -2.30. The van der Waals surface area contributed by atoms with Gasteiger partial charge in [-0.25, -0.2) is 4.39 Å². The second-order valence-corrected chi connectivity index (χ2v) is 7.24. The zero-order chi connectivity index (χ0) is 19.8. The van der Waals surface area contributed by atoms with Crippen LogP contribution in [0.2, 0.25) is 0 Å².